The Morgan fingerprint density at radius 3 is 2.65 bits per heavy atom. The van der Waals surface area contributed by atoms with Crippen molar-refractivity contribution < 1.29 is 4.74 Å². The van der Waals surface area contributed by atoms with E-state index in [2.05, 4.69) is 15.6 Å². The molecule has 2 fully saturated rings. The average molecular weight is 233 g/mol. The molecule has 2 aliphatic rings. The molecule has 4 heteroatoms. The van der Waals surface area contributed by atoms with Crippen LogP contribution >= 0.6 is 0 Å². The quantitative estimate of drug-likeness (QED) is 0.835. The second-order valence-electron chi connectivity index (χ2n) is 5.03. The molecule has 0 aromatic carbocycles. The zero-order chi connectivity index (χ0) is 11.7. The van der Waals surface area contributed by atoms with Gasteiger partial charge in [0.2, 0.25) is 0 Å². The minimum Gasteiger partial charge on any atom is -0.495 e. The number of hydrogen-bond acceptors (Lipinski definition) is 4. The van der Waals surface area contributed by atoms with E-state index in [-0.39, 0.29) is 0 Å². The SMILES string of the molecule is COc1ccc(NC2CC3CCC(C2)N3)nc1. The largest absolute Gasteiger partial charge is 0.495 e. The molecule has 0 radical (unpaired) electrons. The van der Waals surface area contributed by atoms with Gasteiger partial charge in [0.15, 0.2) is 0 Å². The molecule has 2 aliphatic heterocycles. The van der Waals surface area contributed by atoms with Crippen LogP contribution < -0.4 is 15.4 Å². The Balaban J connectivity index is 1.62. The van der Waals surface area contributed by atoms with E-state index in [1.165, 1.54) is 25.7 Å². The molecule has 0 spiro atoms. The van der Waals surface area contributed by atoms with Crippen LogP contribution in [0.1, 0.15) is 25.7 Å². The van der Waals surface area contributed by atoms with Crippen LogP contribution in [0.2, 0.25) is 0 Å². The smallest absolute Gasteiger partial charge is 0.137 e. The fourth-order valence-corrected chi connectivity index (χ4v) is 2.97. The van der Waals surface area contributed by atoms with E-state index >= 15 is 0 Å². The summed E-state index contributed by atoms with van der Waals surface area (Å²) in [6, 6.07) is 5.93. The fourth-order valence-electron chi connectivity index (χ4n) is 2.97. The molecule has 3 heterocycles. The summed E-state index contributed by atoms with van der Waals surface area (Å²) >= 11 is 0. The molecule has 3 rings (SSSR count). The summed E-state index contributed by atoms with van der Waals surface area (Å²) in [5.74, 6) is 1.76. The number of rotatable bonds is 3. The topological polar surface area (TPSA) is 46.2 Å². The molecule has 0 aliphatic carbocycles. The predicted molar refractivity (Wildman–Crippen MR) is 67.4 cm³/mol. The van der Waals surface area contributed by atoms with Crippen LogP contribution in [0.4, 0.5) is 5.82 Å². The Bertz CT molecular complexity index is 367. The summed E-state index contributed by atoms with van der Waals surface area (Å²) in [5, 5.41) is 7.17. The highest BCUT2D eigenvalue weighted by atomic mass is 16.5. The number of fused-ring (bicyclic) bond motifs is 2. The van der Waals surface area contributed by atoms with E-state index in [0.717, 1.165) is 11.6 Å². The minimum absolute atomic E-state index is 0.564. The lowest BCUT2D eigenvalue weighted by atomic mass is 10.00. The average Bonchev–Trinajstić information content (AvgIpc) is 2.70. The standard InChI is InChI=1S/C13H19N3O/c1-17-12-4-5-13(14-8-12)16-11-6-9-2-3-10(7-11)15-9/h4-5,8-11,15H,2-3,6-7H2,1H3,(H,14,16). The molecule has 2 bridgehead atoms. The molecule has 1 aromatic heterocycles. The number of methoxy groups -OCH3 is 1. The van der Waals surface area contributed by atoms with Crippen LogP contribution in [-0.2, 0) is 0 Å². The molecule has 17 heavy (non-hydrogen) atoms. The van der Waals surface area contributed by atoms with Gasteiger partial charge in [0, 0.05) is 18.1 Å². The predicted octanol–water partition coefficient (Wildman–Crippen LogP) is 1.79. The third-order valence-corrected chi connectivity index (χ3v) is 3.80. The summed E-state index contributed by atoms with van der Waals surface area (Å²) in [7, 11) is 1.66. The third kappa shape index (κ3) is 2.36. The van der Waals surface area contributed by atoms with Crippen LogP contribution in [0.15, 0.2) is 18.3 Å². The molecule has 2 saturated heterocycles. The number of pyridine rings is 1. The number of aromatic nitrogens is 1. The summed E-state index contributed by atoms with van der Waals surface area (Å²) in [4.78, 5) is 4.36. The highest BCUT2D eigenvalue weighted by Crippen LogP contribution is 2.28. The van der Waals surface area contributed by atoms with Gasteiger partial charge in [-0.25, -0.2) is 4.98 Å². The van der Waals surface area contributed by atoms with Gasteiger partial charge in [-0.15, -0.1) is 0 Å². The molecule has 92 valence electrons. The maximum atomic E-state index is 5.10. The summed E-state index contributed by atoms with van der Waals surface area (Å²) in [6.07, 6.45) is 6.85. The van der Waals surface area contributed by atoms with Crippen molar-refractivity contribution in [3.05, 3.63) is 18.3 Å². The summed E-state index contributed by atoms with van der Waals surface area (Å²) < 4.78 is 5.10. The molecule has 4 nitrogen and oxygen atoms in total. The van der Waals surface area contributed by atoms with E-state index < -0.39 is 0 Å². The second-order valence-corrected chi connectivity index (χ2v) is 5.03. The van der Waals surface area contributed by atoms with Crippen LogP contribution in [0.3, 0.4) is 0 Å². The lowest BCUT2D eigenvalue weighted by Gasteiger charge is -2.30. The van der Waals surface area contributed by atoms with Gasteiger partial charge in [0.1, 0.15) is 11.6 Å². The Hall–Kier alpha value is -1.29. The van der Waals surface area contributed by atoms with Crippen molar-refractivity contribution in [3.8, 4) is 5.75 Å². The first-order chi connectivity index (χ1) is 8.33. The van der Waals surface area contributed by atoms with Gasteiger partial charge in [-0.2, -0.15) is 0 Å². The number of piperidine rings is 1. The van der Waals surface area contributed by atoms with Gasteiger partial charge in [-0.3, -0.25) is 0 Å². The highest BCUT2D eigenvalue weighted by Gasteiger charge is 2.33. The van der Waals surface area contributed by atoms with Gasteiger partial charge in [0.05, 0.1) is 13.3 Å². The maximum absolute atomic E-state index is 5.10. The van der Waals surface area contributed by atoms with Gasteiger partial charge < -0.3 is 15.4 Å². The van der Waals surface area contributed by atoms with E-state index in [4.69, 9.17) is 4.74 Å². The number of nitrogens with one attached hydrogen (secondary N) is 2. The number of hydrogen-bond donors (Lipinski definition) is 2. The molecular weight excluding hydrogens is 214 g/mol. The van der Waals surface area contributed by atoms with Crippen LogP contribution in [0.5, 0.6) is 5.75 Å². The van der Waals surface area contributed by atoms with E-state index in [1.807, 2.05) is 12.1 Å². The van der Waals surface area contributed by atoms with Gasteiger partial charge in [-0.05, 0) is 37.8 Å². The van der Waals surface area contributed by atoms with Crippen molar-refractivity contribution in [2.24, 2.45) is 0 Å². The van der Waals surface area contributed by atoms with Crippen molar-refractivity contribution in [1.29, 1.82) is 0 Å². The molecular formula is C13H19N3O. The fraction of sp³-hybridized carbons (Fsp3) is 0.615. The lowest BCUT2D eigenvalue weighted by Crippen LogP contribution is -2.43. The Morgan fingerprint density at radius 1 is 1.29 bits per heavy atom. The van der Waals surface area contributed by atoms with Gasteiger partial charge >= 0.3 is 0 Å². The zero-order valence-electron chi connectivity index (χ0n) is 10.1. The molecule has 0 saturated carbocycles. The van der Waals surface area contributed by atoms with Crippen molar-refractivity contribution in [3.63, 3.8) is 0 Å². The van der Waals surface area contributed by atoms with Crippen LogP contribution in [-0.4, -0.2) is 30.2 Å². The monoisotopic (exact) mass is 233 g/mol. The van der Waals surface area contributed by atoms with Crippen molar-refractivity contribution in [1.82, 2.24) is 10.3 Å². The van der Waals surface area contributed by atoms with Crippen LogP contribution in [0, 0.1) is 0 Å². The number of ether oxygens (including phenoxy) is 1. The second kappa shape index (κ2) is 4.53. The normalized spacial score (nSPS) is 31.2. The van der Waals surface area contributed by atoms with Crippen LogP contribution in [0.25, 0.3) is 0 Å². The summed E-state index contributed by atoms with van der Waals surface area (Å²) in [6.45, 7) is 0. The van der Waals surface area contributed by atoms with Gasteiger partial charge in [0.25, 0.3) is 0 Å². The lowest BCUT2D eigenvalue weighted by molar-refractivity contribution is 0.377. The molecule has 2 unspecified atom stereocenters. The van der Waals surface area contributed by atoms with Crippen molar-refractivity contribution >= 4 is 5.82 Å². The Morgan fingerprint density at radius 2 is 2.06 bits per heavy atom. The van der Waals surface area contributed by atoms with Crippen molar-refractivity contribution in [2.45, 2.75) is 43.8 Å². The highest BCUT2D eigenvalue weighted by molar-refractivity contribution is 5.38. The molecule has 2 atom stereocenters. The first-order valence-corrected chi connectivity index (χ1v) is 6.36. The van der Waals surface area contributed by atoms with Gasteiger partial charge in [-0.1, -0.05) is 0 Å². The molecule has 0 amide bonds. The van der Waals surface area contributed by atoms with E-state index in [1.54, 1.807) is 13.3 Å². The summed E-state index contributed by atoms with van der Waals surface area (Å²) in [5.41, 5.74) is 0. The third-order valence-electron chi connectivity index (χ3n) is 3.80. The zero-order valence-corrected chi connectivity index (χ0v) is 10.1. The maximum Gasteiger partial charge on any atom is 0.137 e. The minimum atomic E-state index is 0.564. The van der Waals surface area contributed by atoms with E-state index in [9.17, 15) is 0 Å². The molecule has 2 N–H and O–H groups in total. The first-order valence-electron chi connectivity index (χ1n) is 6.36. The first kappa shape index (κ1) is 10.8. The number of anilines is 1. The Labute approximate surface area is 102 Å². The van der Waals surface area contributed by atoms with Crippen molar-refractivity contribution in [2.75, 3.05) is 12.4 Å². The Kier molecular flexibility index (Phi) is 2.89. The molecule has 1 aromatic rings. The number of nitrogens with zero attached hydrogens (tertiary/aromatic N) is 1. The van der Waals surface area contributed by atoms with E-state index in [0.29, 0.717) is 18.1 Å².